The fourth-order valence-corrected chi connectivity index (χ4v) is 2.36. The molecule has 1 rings (SSSR count). The van der Waals surface area contributed by atoms with Crippen LogP contribution in [0.5, 0.6) is 0 Å². The van der Waals surface area contributed by atoms with Crippen molar-refractivity contribution in [3.63, 3.8) is 0 Å². The zero-order chi connectivity index (χ0) is 9.19. The molecule has 0 spiro atoms. The molecule has 3 heteroatoms. The lowest BCUT2D eigenvalue weighted by atomic mass is 10.0. The Morgan fingerprint density at radius 3 is 3.00 bits per heavy atom. The van der Waals surface area contributed by atoms with Crippen molar-refractivity contribution < 1.29 is 4.79 Å². The van der Waals surface area contributed by atoms with Crippen LogP contribution >= 0.6 is 23.4 Å². The lowest BCUT2D eigenvalue weighted by Crippen LogP contribution is -2.26. The lowest BCUT2D eigenvalue weighted by Gasteiger charge is -2.24. The molecule has 0 amide bonds. The van der Waals surface area contributed by atoms with E-state index in [1.54, 1.807) is 6.08 Å². The molecule has 0 aromatic rings. The standard InChI is InChI=1S/C9H11ClOS/c1-3-9(2,10)8-5-4-7(6-11)12-8/h3-4,6,8H,1,5H2,2H3/t8?,9-/m1/s1. The Labute approximate surface area is 81.9 Å². The zero-order valence-electron chi connectivity index (χ0n) is 6.92. The third-order valence-corrected chi connectivity index (χ3v) is 4.01. The average molecular weight is 203 g/mol. The zero-order valence-corrected chi connectivity index (χ0v) is 8.49. The molecule has 0 aliphatic carbocycles. The summed E-state index contributed by atoms with van der Waals surface area (Å²) in [7, 11) is 0. The van der Waals surface area contributed by atoms with Crippen LogP contribution in [-0.2, 0) is 4.79 Å². The van der Waals surface area contributed by atoms with E-state index < -0.39 is 4.87 Å². The predicted octanol–water partition coefficient (Wildman–Crippen LogP) is 2.76. The van der Waals surface area contributed by atoms with E-state index in [9.17, 15) is 4.79 Å². The van der Waals surface area contributed by atoms with Gasteiger partial charge in [-0.05, 0) is 13.3 Å². The molecule has 66 valence electrons. The van der Waals surface area contributed by atoms with E-state index >= 15 is 0 Å². The maximum atomic E-state index is 10.4. The summed E-state index contributed by atoms with van der Waals surface area (Å²) in [5, 5.41) is 0.247. The van der Waals surface area contributed by atoms with Crippen LogP contribution in [0.4, 0.5) is 0 Å². The van der Waals surface area contributed by atoms with E-state index in [0.717, 1.165) is 17.6 Å². The molecule has 0 saturated carbocycles. The number of halogens is 1. The van der Waals surface area contributed by atoms with Crippen molar-refractivity contribution in [1.29, 1.82) is 0 Å². The van der Waals surface area contributed by atoms with E-state index in [0.29, 0.717) is 0 Å². The van der Waals surface area contributed by atoms with Crippen LogP contribution in [0.25, 0.3) is 0 Å². The molecular formula is C9H11ClOS. The Bertz CT molecular complexity index is 233. The van der Waals surface area contributed by atoms with Crippen LogP contribution in [0.3, 0.4) is 0 Å². The van der Waals surface area contributed by atoms with Gasteiger partial charge in [-0.15, -0.1) is 29.9 Å². The number of hydrogen-bond donors (Lipinski definition) is 0. The SMILES string of the molecule is C=C[C@@](C)(Cl)C1CC=C(C=O)S1. The van der Waals surface area contributed by atoms with Gasteiger partial charge in [-0.25, -0.2) is 0 Å². The van der Waals surface area contributed by atoms with Crippen LogP contribution in [0.2, 0.25) is 0 Å². The van der Waals surface area contributed by atoms with Gasteiger partial charge in [0.1, 0.15) is 0 Å². The highest BCUT2D eigenvalue weighted by atomic mass is 35.5. The highest BCUT2D eigenvalue weighted by molar-refractivity contribution is 8.04. The summed E-state index contributed by atoms with van der Waals surface area (Å²) in [6.07, 6.45) is 5.38. The van der Waals surface area contributed by atoms with Gasteiger partial charge in [0.15, 0.2) is 6.29 Å². The number of hydrogen-bond acceptors (Lipinski definition) is 2. The molecule has 1 unspecified atom stereocenters. The van der Waals surface area contributed by atoms with Crippen molar-refractivity contribution >= 4 is 29.6 Å². The van der Waals surface area contributed by atoms with E-state index in [1.165, 1.54) is 11.8 Å². The van der Waals surface area contributed by atoms with Gasteiger partial charge in [-0.3, -0.25) is 4.79 Å². The fourth-order valence-electron chi connectivity index (χ4n) is 1.04. The van der Waals surface area contributed by atoms with E-state index in [2.05, 4.69) is 6.58 Å². The summed E-state index contributed by atoms with van der Waals surface area (Å²) in [6, 6.07) is 0. The summed E-state index contributed by atoms with van der Waals surface area (Å²) in [4.78, 5) is 10.8. The minimum absolute atomic E-state index is 0.247. The average Bonchev–Trinajstić information content (AvgIpc) is 2.52. The molecule has 0 radical (unpaired) electrons. The Hall–Kier alpha value is -0.210. The highest BCUT2D eigenvalue weighted by Crippen LogP contribution is 2.41. The van der Waals surface area contributed by atoms with Crippen molar-refractivity contribution in [2.75, 3.05) is 0 Å². The minimum atomic E-state index is -0.411. The number of allylic oxidation sites excluding steroid dienone is 3. The molecule has 2 atom stereocenters. The van der Waals surface area contributed by atoms with Crippen LogP contribution < -0.4 is 0 Å². The van der Waals surface area contributed by atoms with Gasteiger partial charge in [0.25, 0.3) is 0 Å². The molecule has 0 aromatic carbocycles. The molecule has 0 N–H and O–H groups in total. The van der Waals surface area contributed by atoms with Crippen molar-refractivity contribution in [2.24, 2.45) is 0 Å². The van der Waals surface area contributed by atoms with E-state index in [-0.39, 0.29) is 5.25 Å². The van der Waals surface area contributed by atoms with Crippen LogP contribution in [-0.4, -0.2) is 16.4 Å². The number of rotatable bonds is 3. The van der Waals surface area contributed by atoms with Crippen molar-refractivity contribution in [3.8, 4) is 0 Å². The Morgan fingerprint density at radius 1 is 1.92 bits per heavy atom. The number of aldehydes is 1. The maximum Gasteiger partial charge on any atom is 0.156 e. The number of alkyl halides is 1. The van der Waals surface area contributed by atoms with Crippen LogP contribution in [0, 0.1) is 0 Å². The first-order chi connectivity index (χ1) is 5.60. The van der Waals surface area contributed by atoms with Gasteiger partial charge in [0.2, 0.25) is 0 Å². The minimum Gasteiger partial charge on any atom is -0.297 e. The van der Waals surface area contributed by atoms with Crippen molar-refractivity contribution in [3.05, 3.63) is 23.6 Å². The first kappa shape index (κ1) is 9.87. The van der Waals surface area contributed by atoms with Gasteiger partial charge in [-0.1, -0.05) is 12.2 Å². The quantitative estimate of drug-likeness (QED) is 0.398. The molecule has 1 heterocycles. The predicted molar refractivity (Wildman–Crippen MR) is 54.6 cm³/mol. The van der Waals surface area contributed by atoms with Crippen molar-refractivity contribution in [2.45, 2.75) is 23.5 Å². The monoisotopic (exact) mass is 202 g/mol. The Kier molecular flexibility index (Phi) is 3.02. The highest BCUT2D eigenvalue weighted by Gasteiger charge is 2.32. The second-order valence-corrected chi connectivity index (χ2v) is 5.01. The third-order valence-electron chi connectivity index (χ3n) is 1.96. The molecule has 12 heavy (non-hydrogen) atoms. The fraction of sp³-hybridized carbons (Fsp3) is 0.444. The molecule has 0 fully saturated rings. The first-order valence-corrected chi connectivity index (χ1v) is 5.00. The molecule has 0 aromatic heterocycles. The molecule has 1 nitrogen and oxygen atoms in total. The van der Waals surface area contributed by atoms with Crippen LogP contribution in [0.15, 0.2) is 23.6 Å². The van der Waals surface area contributed by atoms with E-state index in [4.69, 9.17) is 11.6 Å². The number of carbonyl (C=O) groups is 1. The molecule has 0 saturated heterocycles. The lowest BCUT2D eigenvalue weighted by molar-refractivity contribution is -0.104. The molecule has 0 bridgehead atoms. The molecular weight excluding hydrogens is 192 g/mol. The van der Waals surface area contributed by atoms with Crippen LogP contribution in [0.1, 0.15) is 13.3 Å². The summed E-state index contributed by atoms with van der Waals surface area (Å²) in [5.41, 5.74) is 0. The van der Waals surface area contributed by atoms with E-state index in [1.807, 2.05) is 13.0 Å². The van der Waals surface area contributed by atoms with Crippen molar-refractivity contribution in [1.82, 2.24) is 0 Å². The number of thioether (sulfide) groups is 1. The first-order valence-electron chi connectivity index (χ1n) is 3.74. The Morgan fingerprint density at radius 2 is 2.58 bits per heavy atom. The normalized spacial score (nSPS) is 27.5. The summed E-state index contributed by atoms with van der Waals surface area (Å²) >= 11 is 7.69. The number of carbonyl (C=O) groups excluding carboxylic acids is 1. The molecule has 1 aliphatic heterocycles. The Balaban J connectivity index is 2.62. The maximum absolute atomic E-state index is 10.4. The molecule has 1 aliphatic rings. The van der Waals surface area contributed by atoms with Gasteiger partial charge in [0, 0.05) is 10.2 Å². The topological polar surface area (TPSA) is 17.1 Å². The van der Waals surface area contributed by atoms with Gasteiger partial charge in [-0.2, -0.15) is 0 Å². The van der Waals surface area contributed by atoms with Gasteiger partial charge >= 0.3 is 0 Å². The second kappa shape index (κ2) is 3.67. The largest absolute Gasteiger partial charge is 0.297 e. The summed E-state index contributed by atoms with van der Waals surface area (Å²) in [5.74, 6) is 0. The third kappa shape index (κ3) is 1.93. The smallest absolute Gasteiger partial charge is 0.156 e. The summed E-state index contributed by atoms with van der Waals surface area (Å²) in [6.45, 7) is 5.59. The van der Waals surface area contributed by atoms with Gasteiger partial charge in [0.05, 0.1) is 4.87 Å². The second-order valence-electron chi connectivity index (χ2n) is 2.92. The van der Waals surface area contributed by atoms with Gasteiger partial charge < -0.3 is 0 Å². The summed E-state index contributed by atoms with van der Waals surface area (Å²) < 4.78 is 0.